The van der Waals surface area contributed by atoms with Gasteiger partial charge in [-0.3, -0.25) is 14.5 Å². The van der Waals surface area contributed by atoms with Gasteiger partial charge in [0.2, 0.25) is 5.91 Å². The first-order chi connectivity index (χ1) is 12.1. The Labute approximate surface area is 144 Å². The summed E-state index contributed by atoms with van der Waals surface area (Å²) in [4.78, 5) is 29.3. The van der Waals surface area contributed by atoms with Crippen LogP contribution >= 0.6 is 0 Å². The van der Waals surface area contributed by atoms with Crippen molar-refractivity contribution in [3.05, 3.63) is 28.9 Å². The summed E-state index contributed by atoms with van der Waals surface area (Å²) in [5.74, 6) is 0.338. The SMILES string of the molecule is C[C@H]1CN(C(=O)Cn2ncn3nccc3c2=O)C[C@H]1N1CCOCC1. The largest absolute Gasteiger partial charge is 0.379 e. The molecule has 2 aliphatic heterocycles. The fourth-order valence-corrected chi connectivity index (χ4v) is 3.75. The van der Waals surface area contributed by atoms with E-state index in [9.17, 15) is 9.59 Å². The van der Waals surface area contributed by atoms with Gasteiger partial charge in [0.15, 0.2) is 0 Å². The number of ether oxygens (including phenoxy) is 1. The summed E-state index contributed by atoms with van der Waals surface area (Å²) in [6.45, 7) is 6.88. The summed E-state index contributed by atoms with van der Waals surface area (Å²) in [6.07, 6.45) is 2.99. The summed E-state index contributed by atoms with van der Waals surface area (Å²) in [6, 6.07) is 1.98. The van der Waals surface area contributed by atoms with E-state index in [0.717, 1.165) is 26.3 Å². The van der Waals surface area contributed by atoms with Crippen LogP contribution in [0.2, 0.25) is 0 Å². The number of fused-ring (bicyclic) bond motifs is 1. The first-order valence-corrected chi connectivity index (χ1v) is 8.62. The summed E-state index contributed by atoms with van der Waals surface area (Å²) in [5, 5.41) is 8.03. The van der Waals surface area contributed by atoms with Crippen molar-refractivity contribution in [3.63, 3.8) is 0 Å². The maximum atomic E-state index is 12.7. The molecule has 9 heteroatoms. The zero-order valence-electron chi connectivity index (χ0n) is 14.2. The summed E-state index contributed by atoms with van der Waals surface area (Å²) >= 11 is 0. The molecule has 25 heavy (non-hydrogen) atoms. The topological polar surface area (TPSA) is 85.0 Å². The highest BCUT2D eigenvalue weighted by molar-refractivity contribution is 5.76. The third kappa shape index (κ3) is 3.05. The number of nitrogens with zero attached hydrogens (tertiary/aromatic N) is 6. The van der Waals surface area contributed by atoms with E-state index >= 15 is 0 Å². The number of morpholine rings is 1. The van der Waals surface area contributed by atoms with Crippen LogP contribution in [0.15, 0.2) is 23.4 Å². The van der Waals surface area contributed by atoms with Gasteiger partial charge in [0.1, 0.15) is 18.4 Å². The minimum Gasteiger partial charge on any atom is -0.379 e. The molecule has 0 N–H and O–H groups in total. The third-order valence-electron chi connectivity index (χ3n) is 5.15. The maximum absolute atomic E-state index is 12.7. The zero-order chi connectivity index (χ0) is 17.4. The number of aromatic nitrogens is 4. The van der Waals surface area contributed by atoms with Crippen LogP contribution in [0.4, 0.5) is 0 Å². The van der Waals surface area contributed by atoms with Gasteiger partial charge in [-0.2, -0.15) is 10.2 Å². The van der Waals surface area contributed by atoms with Crippen molar-refractivity contribution in [1.82, 2.24) is 29.2 Å². The van der Waals surface area contributed by atoms with E-state index in [1.54, 1.807) is 12.3 Å². The second-order valence-corrected chi connectivity index (χ2v) is 6.75. The van der Waals surface area contributed by atoms with Gasteiger partial charge in [0.05, 0.1) is 19.4 Å². The molecule has 2 aliphatic rings. The van der Waals surface area contributed by atoms with Crippen molar-refractivity contribution in [1.29, 1.82) is 0 Å². The number of hydrogen-bond donors (Lipinski definition) is 0. The molecule has 1 amide bonds. The molecule has 0 saturated carbocycles. The molecule has 2 aromatic rings. The van der Waals surface area contributed by atoms with Gasteiger partial charge in [-0.1, -0.05) is 6.92 Å². The molecule has 2 fully saturated rings. The Morgan fingerprint density at radius 3 is 2.88 bits per heavy atom. The minimum atomic E-state index is -0.301. The van der Waals surface area contributed by atoms with E-state index in [1.807, 2.05) is 4.90 Å². The van der Waals surface area contributed by atoms with Gasteiger partial charge in [-0.05, 0) is 12.0 Å². The number of carbonyl (C=O) groups is 1. The van der Waals surface area contributed by atoms with Crippen molar-refractivity contribution >= 4 is 11.4 Å². The molecule has 0 aromatic carbocycles. The van der Waals surface area contributed by atoms with Gasteiger partial charge >= 0.3 is 0 Å². The molecule has 4 rings (SSSR count). The van der Waals surface area contributed by atoms with Gasteiger partial charge in [0, 0.05) is 32.2 Å². The molecule has 9 nitrogen and oxygen atoms in total. The molecule has 2 atom stereocenters. The number of amides is 1. The number of hydrogen-bond acceptors (Lipinski definition) is 6. The molecule has 4 heterocycles. The molecule has 2 saturated heterocycles. The fraction of sp³-hybridized carbons (Fsp3) is 0.625. The molecule has 0 aliphatic carbocycles. The van der Waals surface area contributed by atoms with E-state index in [0.29, 0.717) is 30.6 Å². The first-order valence-electron chi connectivity index (χ1n) is 8.62. The second kappa shape index (κ2) is 6.57. The van der Waals surface area contributed by atoms with E-state index in [1.165, 1.54) is 15.5 Å². The summed E-state index contributed by atoms with van der Waals surface area (Å²) in [5.41, 5.74) is 0.120. The van der Waals surface area contributed by atoms with Gasteiger partial charge in [-0.15, -0.1) is 0 Å². The fourth-order valence-electron chi connectivity index (χ4n) is 3.75. The molecule has 0 unspecified atom stereocenters. The van der Waals surface area contributed by atoms with Gasteiger partial charge in [-0.25, -0.2) is 9.20 Å². The van der Waals surface area contributed by atoms with Crippen LogP contribution in [-0.4, -0.2) is 80.5 Å². The number of likely N-dealkylation sites (tertiary alicyclic amines) is 1. The average Bonchev–Trinajstić information content (AvgIpc) is 3.25. The Balaban J connectivity index is 1.45. The van der Waals surface area contributed by atoms with E-state index < -0.39 is 0 Å². The Kier molecular flexibility index (Phi) is 4.26. The minimum absolute atomic E-state index is 0.0386. The van der Waals surface area contributed by atoms with Crippen LogP contribution in [0.5, 0.6) is 0 Å². The maximum Gasteiger partial charge on any atom is 0.293 e. The standard InChI is InChI=1S/C16H22N6O3/c1-12-8-20(9-14(12)19-4-6-25-7-5-19)15(23)10-21-16(24)13-2-3-17-22(13)11-18-21/h2-3,11-12,14H,4-10H2,1H3/t12-,14+/m0/s1. The predicted octanol–water partition coefficient (Wildman–Crippen LogP) is -0.930. The Morgan fingerprint density at radius 2 is 2.08 bits per heavy atom. The third-order valence-corrected chi connectivity index (χ3v) is 5.15. The highest BCUT2D eigenvalue weighted by atomic mass is 16.5. The zero-order valence-corrected chi connectivity index (χ0v) is 14.2. The first kappa shape index (κ1) is 16.2. The quantitative estimate of drug-likeness (QED) is 0.714. The van der Waals surface area contributed by atoms with Crippen LogP contribution < -0.4 is 5.56 Å². The summed E-state index contributed by atoms with van der Waals surface area (Å²) in [7, 11) is 0. The van der Waals surface area contributed by atoms with Crippen molar-refractivity contribution in [2.45, 2.75) is 19.5 Å². The lowest BCUT2D eigenvalue weighted by atomic mass is 10.0. The predicted molar refractivity (Wildman–Crippen MR) is 89.2 cm³/mol. The van der Waals surface area contributed by atoms with E-state index in [-0.39, 0.29) is 18.0 Å². The number of carbonyl (C=O) groups excluding carboxylic acids is 1. The monoisotopic (exact) mass is 346 g/mol. The Bertz CT molecular complexity index is 825. The smallest absolute Gasteiger partial charge is 0.293 e. The molecule has 2 aromatic heterocycles. The van der Waals surface area contributed by atoms with Gasteiger partial charge in [0.25, 0.3) is 5.56 Å². The van der Waals surface area contributed by atoms with Crippen molar-refractivity contribution in [3.8, 4) is 0 Å². The van der Waals surface area contributed by atoms with Crippen LogP contribution in [0.25, 0.3) is 5.52 Å². The Hall–Kier alpha value is -2.26. The lowest BCUT2D eigenvalue weighted by Crippen LogP contribution is -2.47. The van der Waals surface area contributed by atoms with Crippen molar-refractivity contribution < 1.29 is 9.53 Å². The lowest BCUT2D eigenvalue weighted by molar-refractivity contribution is -0.131. The lowest BCUT2D eigenvalue weighted by Gasteiger charge is -2.33. The number of rotatable bonds is 3. The Morgan fingerprint density at radius 1 is 1.28 bits per heavy atom. The normalized spacial score (nSPS) is 24.9. The molecular formula is C16H22N6O3. The summed E-state index contributed by atoms with van der Waals surface area (Å²) < 4.78 is 8.04. The van der Waals surface area contributed by atoms with Crippen molar-refractivity contribution in [2.75, 3.05) is 39.4 Å². The van der Waals surface area contributed by atoms with E-state index in [2.05, 4.69) is 22.0 Å². The van der Waals surface area contributed by atoms with E-state index in [4.69, 9.17) is 4.74 Å². The van der Waals surface area contributed by atoms with Crippen LogP contribution in [0.3, 0.4) is 0 Å². The molecular weight excluding hydrogens is 324 g/mol. The second-order valence-electron chi connectivity index (χ2n) is 6.75. The highest BCUT2D eigenvalue weighted by Crippen LogP contribution is 2.22. The molecule has 134 valence electrons. The molecule has 0 radical (unpaired) electrons. The average molecular weight is 346 g/mol. The highest BCUT2D eigenvalue weighted by Gasteiger charge is 2.36. The molecule has 0 bridgehead atoms. The molecule has 0 spiro atoms. The van der Waals surface area contributed by atoms with Crippen LogP contribution in [0.1, 0.15) is 6.92 Å². The van der Waals surface area contributed by atoms with Gasteiger partial charge < -0.3 is 9.64 Å². The van der Waals surface area contributed by atoms with Crippen LogP contribution in [-0.2, 0) is 16.1 Å². The van der Waals surface area contributed by atoms with Crippen molar-refractivity contribution in [2.24, 2.45) is 5.92 Å². The van der Waals surface area contributed by atoms with Crippen LogP contribution in [0, 0.1) is 5.92 Å².